The maximum Gasteiger partial charge on any atom is 0.143 e. The second kappa shape index (κ2) is 10.6. The predicted molar refractivity (Wildman–Crippen MR) is 111 cm³/mol. The summed E-state index contributed by atoms with van der Waals surface area (Å²) in [5, 5.41) is 0. The lowest BCUT2D eigenvalue weighted by Gasteiger charge is -2.19. The number of hydrogen-bond donors (Lipinski definition) is 0. The van der Waals surface area contributed by atoms with E-state index < -0.39 is 0 Å². The van der Waals surface area contributed by atoms with Crippen LogP contribution in [0, 0.1) is 5.82 Å². The molecule has 0 aliphatic rings. The fourth-order valence-corrected chi connectivity index (χ4v) is 2.67. The van der Waals surface area contributed by atoms with Gasteiger partial charge >= 0.3 is 0 Å². The zero-order valence-corrected chi connectivity index (χ0v) is 16.0. The van der Waals surface area contributed by atoms with Crippen molar-refractivity contribution in [2.75, 3.05) is 13.2 Å². The SMILES string of the molecule is Bc1ccc(OC[C@@H](COCc2ccccc2)OCc2ccccc2)cc1F. The lowest BCUT2D eigenvalue weighted by atomic mass is 9.96. The Labute approximate surface area is 166 Å². The van der Waals surface area contributed by atoms with E-state index in [1.807, 2.05) is 60.7 Å². The number of hydrogen-bond acceptors (Lipinski definition) is 3. The summed E-state index contributed by atoms with van der Waals surface area (Å²) >= 11 is 0. The van der Waals surface area contributed by atoms with Crippen LogP contribution in [0.2, 0.25) is 0 Å². The summed E-state index contributed by atoms with van der Waals surface area (Å²) in [7, 11) is 1.72. The first-order chi connectivity index (χ1) is 13.7. The summed E-state index contributed by atoms with van der Waals surface area (Å²) in [6.45, 7) is 1.64. The summed E-state index contributed by atoms with van der Waals surface area (Å²) in [6, 6.07) is 24.8. The number of rotatable bonds is 10. The van der Waals surface area contributed by atoms with Crippen LogP contribution in [0.1, 0.15) is 11.1 Å². The average Bonchev–Trinajstić information content (AvgIpc) is 2.73. The summed E-state index contributed by atoms with van der Waals surface area (Å²) in [5.74, 6) is 0.207. The normalized spacial score (nSPS) is 11.9. The number of benzene rings is 3. The van der Waals surface area contributed by atoms with Gasteiger partial charge in [0.1, 0.15) is 32.1 Å². The monoisotopic (exact) mass is 378 g/mol. The van der Waals surface area contributed by atoms with Crippen molar-refractivity contribution >= 4 is 13.3 Å². The molecule has 3 rings (SSSR count). The average molecular weight is 378 g/mol. The first kappa shape index (κ1) is 20.1. The third-order valence-corrected chi connectivity index (χ3v) is 4.32. The van der Waals surface area contributed by atoms with Gasteiger partial charge in [0.2, 0.25) is 0 Å². The Kier molecular flexibility index (Phi) is 7.65. The summed E-state index contributed by atoms with van der Waals surface area (Å²) < 4.78 is 31.3. The van der Waals surface area contributed by atoms with Gasteiger partial charge in [0.25, 0.3) is 0 Å². The highest BCUT2D eigenvalue weighted by Gasteiger charge is 2.12. The van der Waals surface area contributed by atoms with Gasteiger partial charge < -0.3 is 14.2 Å². The molecular formula is C23H24BFO3. The molecule has 0 saturated heterocycles. The molecule has 0 fully saturated rings. The van der Waals surface area contributed by atoms with Crippen molar-refractivity contribution in [2.24, 2.45) is 0 Å². The zero-order valence-electron chi connectivity index (χ0n) is 16.0. The summed E-state index contributed by atoms with van der Waals surface area (Å²) in [6.07, 6.45) is -0.270. The second-order valence-electron chi connectivity index (χ2n) is 6.64. The molecule has 0 spiro atoms. The van der Waals surface area contributed by atoms with Gasteiger partial charge in [-0.3, -0.25) is 0 Å². The van der Waals surface area contributed by atoms with Gasteiger partial charge in [0, 0.05) is 6.07 Å². The fourth-order valence-electron chi connectivity index (χ4n) is 2.67. The van der Waals surface area contributed by atoms with Crippen molar-refractivity contribution in [2.45, 2.75) is 19.3 Å². The Hall–Kier alpha value is -2.63. The van der Waals surface area contributed by atoms with Gasteiger partial charge in [0.05, 0.1) is 19.8 Å². The molecule has 3 aromatic rings. The molecule has 0 saturated carbocycles. The molecule has 3 aromatic carbocycles. The first-order valence-corrected chi connectivity index (χ1v) is 9.37. The van der Waals surface area contributed by atoms with E-state index in [2.05, 4.69) is 0 Å². The molecular weight excluding hydrogens is 354 g/mol. The Balaban J connectivity index is 1.55. The van der Waals surface area contributed by atoms with Crippen LogP contribution in [-0.4, -0.2) is 27.2 Å². The first-order valence-electron chi connectivity index (χ1n) is 9.37. The van der Waals surface area contributed by atoms with Crippen LogP contribution in [0.25, 0.3) is 0 Å². The van der Waals surface area contributed by atoms with Crippen LogP contribution in [0.15, 0.2) is 78.9 Å². The van der Waals surface area contributed by atoms with E-state index in [1.54, 1.807) is 20.0 Å². The van der Waals surface area contributed by atoms with Crippen molar-refractivity contribution in [1.29, 1.82) is 0 Å². The molecule has 0 bridgehead atoms. The van der Waals surface area contributed by atoms with Gasteiger partial charge in [-0.05, 0) is 17.2 Å². The van der Waals surface area contributed by atoms with Crippen LogP contribution in [0.3, 0.4) is 0 Å². The minimum Gasteiger partial charge on any atom is -0.491 e. The van der Waals surface area contributed by atoms with Gasteiger partial charge in [-0.2, -0.15) is 0 Å². The van der Waals surface area contributed by atoms with Crippen LogP contribution in [0.4, 0.5) is 4.39 Å². The Bertz CT molecular complexity index is 843. The number of halogens is 1. The van der Waals surface area contributed by atoms with Crippen molar-refractivity contribution in [3.63, 3.8) is 0 Å². The molecule has 144 valence electrons. The third-order valence-electron chi connectivity index (χ3n) is 4.32. The highest BCUT2D eigenvalue weighted by Crippen LogP contribution is 2.13. The maximum absolute atomic E-state index is 13.7. The lowest BCUT2D eigenvalue weighted by Crippen LogP contribution is -2.27. The molecule has 0 unspecified atom stereocenters. The highest BCUT2D eigenvalue weighted by molar-refractivity contribution is 6.32. The van der Waals surface area contributed by atoms with Crippen LogP contribution >= 0.6 is 0 Å². The molecule has 1 atom stereocenters. The largest absolute Gasteiger partial charge is 0.491 e. The molecule has 0 aliphatic carbocycles. The minimum atomic E-state index is -0.278. The third kappa shape index (κ3) is 6.52. The van der Waals surface area contributed by atoms with Crippen molar-refractivity contribution in [3.8, 4) is 5.75 Å². The van der Waals surface area contributed by atoms with Crippen LogP contribution < -0.4 is 10.2 Å². The number of ether oxygens (including phenoxy) is 3. The van der Waals surface area contributed by atoms with Crippen LogP contribution in [0.5, 0.6) is 5.75 Å². The van der Waals surface area contributed by atoms with E-state index >= 15 is 0 Å². The van der Waals surface area contributed by atoms with Crippen molar-refractivity contribution < 1.29 is 18.6 Å². The fraction of sp³-hybridized carbons (Fsp3) is 0.217. The molecule has 5 heteroatoms. The Morgan fingerprint density at radius 2 is 1.43 bits per heavy atom. The summed E-state index contributed by atoms with van der Waals surface area (Å²) in [5.41, 5.74) is 2.78. The summed E-state index contributed by atoms with van der Waals surface area (Å²) in [4.78, 5) is 0. The Morgan fingerprint density at radius 1 is 0.786 bits per heavy atom. The molecule has 3 nitrogen and oxygen atoms in total. The van der Waals surface area contributed by atoms with Gasteiger partial charge in [-0.25, -0.2) is 4.39 Å². The quantitative estimate of drug-likeness (QED) is 0.507. The molecule has 0 N–H and O–H groups in total. The smallest absolute Gasteiger partial charge is 0.143 e. The zero-order chi connectivity index (χ0) is 19.6. The van der Waals surface area contributed by atoms with E-state index in [1.165, 1.54) is 6.07 Å². The molecule has 0 heterocycles. The Morgan fingerprint density at radius 3 is 2.07 bits per heavy atom. The maximum atomic E-state index is 13.7. The predicted octanol–water partition coefficient (Wildman–Crippen LogP) is 3.27. The molecule has 0 aliphatic heterocycles. The second-order valence-corrected chi connectivity index (χ2v) is 6.64. The van der Waals surface area contributed by atoms with E-state index in [0.717, 1.165) is 11.1 Å². The van der Waals surface area contributed by atoms with Gasteiger partial charge in [-0.15, -0.1) is 0 Å². The molecule has 0 aromatic heterocycles. The highest BCUT2D eigenvalue weighted by atomic mass is 19.1. The standard InChI is InChI=1S/C23H24BFO3/c24-22-12-11-20(13-23(22)25)28-17-21(27-15-19-9-5-2-6-10-19)16-26-14-18-7-3-1-4-8-18/h1-13,21H,14-17,24H2/t21-/m1/s1. The van der Waals surface area contributed by atoms with Crippen molar-refractivity contribution in [3.05, 3.63) is 95.8 Å². The molecule has 0 amide bonds. The lowest BCUT2D eigenvalue weighted by molar-refractivity contribution is -0.0489. The van der Waals surface area contributed by atoms with Crippen LogP contribution in [-0.2, 0) is 22.7 Å². The van der Waals surface area contributed by atoms with Gasteiger partial charge in [-0.1, -0.05) is 72.2 Å². The van der Waals surface area contributed by atoms with E-state index in [4.69, 9.17) is 14.2 Å². The minimum absolute atomic E-state index is 0.270. The van der Waals surface area contributed by atoms with E-state index in [9.17, 15) is 4.39 Å². The van der Waals surface area contributed by atoms with E-state index in [-0.39, 0.29) is 18.5 Å². The van der Waals surface area contributed by atoms with Crippen molar-refractivity contribution in [1.82, 2.24) is 0 Å². The molecule has 28 heavy (non-hydrogen) atoms. The molecule has 0 radical (unpaired) electrons. The van der Waals surface area contributed by atoms with Gasteiger partial charge in [0.15, 0.2) is 0 Å². The van der Waals surface area contributed by atoms with E-state index in [0.29, 0.717) is 31.0 Å². The topological polar surface area (TPSA) is 27.7 Å².